The number of nitrogens with zero attached hydrogens (tertiary/aromatic N) is 1. The molecule has 0 fully saturated rings. The molecule has 0 aliphatic rings. The number of sulfonamides is 1. The van der Waals surface area contributed by atoms with E-state index in [1.165, 1.54) is 60.8 Å². The lowest BCUT2D eigenvalue weighted by molar-refractivity contribution is 0.102. The summed E-state index contributed by atoms with van der Waals surface area (Å²) in [6.45, 7) is 0. The molecule has 0 aliphatic heterocycles. The van der Waals surface area contributed by atoms with E-state index in [4.69, 9.17) is 16.7 Å². The van der Waals surface area contributed by atoms with E-state index in [1.807, 2.05) is 0 Å². The second kappa shape index (κ2) is 8.80. The average Bonchev–Trinajstić information content (AvgIpc) is 2.69. The van der Waals surface area contributed by atoms with E-state index in [-0.39, 0.29) is 27.0 Å². The molecule has 0 aliphatic carbocycles. The van der Waals surface area contributed by atoms with Crippen molar-refractivity contribution in [3.63, 3.8) is 0 Å². The van der Waals surface area contributed by atoms with Crippen molar-refractivity contribution in [1.29, 1.82) is 0 Å². The van der Waals surface area contributed by atoms with Crippen LogP contribution in [0.15, 0.2) is 71.8 Å². The van der Waals surface area contributed by atoms with Crippen LogP contribution in [0.4, 0.5) is 16.2 Å². The van der Waals surface area contributed by atoms with E-state index in [1.54, 1.807) is 6.07 Å². The van der Waals surface area contributed by atoms with Gasteiger partial charge in [-0.15, -0.1) is 0 Å². The Balaban J connectivity index is 1.73. The van der Waals surface area contributed by atoms with Crippen LogP contribution in [0, 0.1) is 0 Å². The van der Waals surface area contributed by atoms with Gasteiger partial charge in [-0.25, -0.2) is 18.2 Å². The van der Waals surface area contributed by atoms with Crippen LogP contribution in [0.5, 0.6) is 5.88 Å². The molecule has 0 atom stereocenters. The molecule has 2 aromatic carbocycles. The number of carbonyl (C=O) groups is 2. The van der Waals surface area contributed by atoms with Gasteiger partial charge in [0.05, 0.1) is 16.8 Å². The summed E-state index contributed by atoms with van der Waals surface area (Å²) in [4.78, 5) is 26.7. The van der Waals surface area contributed by atoms with Crippen LogP contribution < -0.4 is 14.8 Å². The van der Waals surface area contributed by atoms with Gasteiger partial charge in [-0.05, 0) is 42.5 Å². The van der Waals surface area contributed by atoms with Crippen LogP contribution >= 0.6 is 11.6 Å². The zero-order valence-electron chi connectivity index (χ0n) is 15.1. The molecule has 0 unspecified atom stereocenters. The molecule has 0 spiro atoms. The molecule has 3 aromatic rings. The number of benzene rings is 2. The van der Waals surface area contributed by atoms with Crippen LogP contribution in [0.25, 0.3) is 0 Å². The van der Waals surface area contributed by atoms with Crippen molar-refractivity contribution in [2.24, 2.45) is 0 Å². The quantitative estimate of drug-likeness (QED) is 0.488. The average molecular weight is 448 g/mol. The molecule has 154 valence electrons. The van der Waals surface area contributed by atoms with E-state index in [2.05, 4.69) is 19.8 Å². The number of rotatable bonds is 6. The number of pyridine rings is 1. The molecule has 1 heterocycles. The molecular formula is C19H14ClN3O6S. The number of halogens is 1. The first-order chi connectivity index (χ1) is 14.2. The summed E-state index contributed by atoms with van der Waals surface area (Å²) in [6, 6.07) is 14.4. The van der Waals surface area contributed by atoms with Gasteiger partial charge < -0.3 is 15.2 Å². The van der Waals surface area contributed by atoms with Crippen molar-refractivity contribution in [2.45, 2.75) is 4.90 Å². The molecule has 0 bridgehead atoms. The maximum atomic E-state index is 12.5. The van der Waals surface area contributed by atoms with Crippen molar-refractivity contribution in [3.8, 4) is 5.88 Å². The third kappa shape index (κ3) is 5.46. The first-order valence-corrected chi connectivity index (χ1v) is 10.2. The van der Waals surface area contributed by atoms with E-state index < -0.39 is 22.1 Å². The largest absolute Gasteiger partial charge is 0.512 e. The fourth-order valence-electron chi connectivity index (χ4n) is 2.38. The molecule has 11 heteroatoms. The van der Waals surface area contributed by atoms with Crippen LogP contribution in [0.2, 0.25) is 5.02 Å². The zero-order chi connectivity index (χ0) is 21.7. The third-order valence-corrected chi connectivity index (χ3v) is 5.28. The number of ether oxygens (including phenoxy) is 1. The predicted octanol–water partition coefficient (Wildman–Crippen LogP) is 3.84. The van der Waals surface area contributed by atoms with Crippen molar-refractivity contribution in [3.05, 3.63) is 77.4 Å². The van der Waals surface area contributed by atoms with Gasteiger partial charge in [-0.2, -0.15) is 0 Å². The lowest BCUT2D eigenvalue weighted by Crippen LogP contribution is -2.15. The molecule has 0 radical (unpaired) electrons. The minimum absolute atomic E-state index is 0.0143. The topological polar surface area (TPSA) is 135 Å². The maximum Gasteiger partial charge on any atom is 0.512 e. The Kier molecular flexibility index (Phi) is 6.19. The highest BCUT2D eigenvalue weighted by Gasteiger charge is 2.16. The van der Waals surface area contributed by atoms with E-state index >= 15 is 0 Å². The monoisotopic (exact) mass is 447 g/mol. The Morgan fingerprint density at radius 3 is 2.43 bits per heavy atom. The Hall–Kier alpha value is -3.63. The number of carbonyl (C=O) groups excluding carboxylic acids is 1. The Morgan fingerprint density at radius 1 is 1.00 bits per heavy atom. The van der Waals surface area contributed by atoms with Gasteiger partial charge in [0.25, 0.3) is 15.9 Å². The number of hydrogen-bond acceptors (Lipinski definition) is 6. The minimum Gasteiger partial charge on any atom is -0.449 e. The predicted molar refractivity (Wildman–Crippen MR) is 110 cm³/mol. The first kappa shape index (κ1) is 21.1. The van der Waals surface area contributed by atoms with Gasteiger partial charge >= 0.3 is 6.16 Å². The number of amides is 1. The third-order valence-electron chi connectivity index (χ3n) is 3.67. The molecule has 1 amide bonds. The SMILES string of the molecule is O=C(O)Oc1ccc(NC(=O)c2cccc(NS(=O)(=O)c3cccc(Cl)c3)c2)cn1. The molecule has 0 saturated carbocycles. The van der Waals surface area contributed by atoms with Crippen LogP contribution in [0.1, 0.15) is 10.4 Å². The lowest BCUT2D eigenvalue weighted by Gasteiger charge is -2.10. The van der Waals surface area contributed by atoms with E-state index in [9.17, 15) is 18.0 Å². The number of anilines is 2. The Labute approximate surface area is 176 Å². The van der Waals surface area contributed by atoms with Gasteiger partial charge in [0.15, 0.2) is 0 Å². The van der Waals surface area contributed by atoms with E-state index in [0.717, 1.165) is 0 Å². The summed E-state index contributed by atoms with van der Waals surface area (Å²) < 4.78 is 31.8. The van der Waals surface area contributed by atoms with Crippen LogP contribution in [-0.2, 0) is 10.0 Å². The molecule has 9 nitrogen and oxygen atoms in total. The summed E-state index contributed by atoms with van der Waals surface area (Å²) in [6.07, 6.45) is -0.279. The first-order valence-electron chi connectivity index (χ1n) is 8.29. The van der Waals surface area contributed by atoms with Gasteiger partial charge in [0.1, 0.15) is 0 Å². The second-order valence-corrected chi connectivity index (χ2v) is 7.97. The Morgan fingerprint density at radius 2 is 1.77 bits per heavy atom. The van der Waals surface area contributed by atoms with Crippen LogP contribution in [0.3, 0.4) is 0 Å². The fraction of sp³-hybridized carbons (Fsp3) is 0. The van der Waals surface area contributed by atoms with Crippen molar-refractivity contribution in [2.75, 3.05) is 10.0 Å². The summed E-state index contributed by atoms with van der Waals surface area (Å²) in [5.41, 5.74) is 0.667. The summed E-state index contributed by atoms with van der Waals surface area (Å²) in [5, 5.41) is 11.4. The van der Waals surface area contributed by atoms with Gasteiger partial charge in [-0.3, -0.25) is 9.52 Å². The lowest BCUT2D eigenvalue weighted by atomic mass is 10.2. The normalized spacial score (nSPS) is 10.8. The number of aromatic nitrogens is 1. The highest BCUT2D eigenvalue weighted by molar-refractivity contribution is 7.92. The van der Waals surface area contributed by atoms with Gasteiger partial charge in [-0.1, -0.05) is 23.7 Å². The molecule has 1 aromatic heterocycles. The number of hydrogen-bond donors (Lipinski definition) is 3. The van der Waals surface area contributed by atoms with Gasteiger partial charge in [0.2, 0.25) is 5.88 Å². The van der Waals surface area contributed by atoms with E-state index in [0.29, 0.717) is 5.69 Å². The number of carboxylic acid groups (broad SMARTS) is 1. The zero-order valence-corrected chi connectivity index (χ0v) is 16.6. The second-order valence-electron chi connectivity index (χ2n) is 5.85. The highest BCUT2D eigenvalue weighted by atomic mass is 35.5. The molecule has 30 heavy (non-hydrogen) atoms. The van der Waals surface area contributed by atoms with Gasteiger partial charge in [0, 0.05) is 22.3 Å². The molecule has 3 N–H and O–H groups in total. The summed E-state index contributed by atoms with van der Waals surface area (Å²) >= 11 is 5.85. The smallest absolute Gasteiger partial charge is 0.449 e. The molecule has 3 rings (SSSR count). The summed E-state index contributed by atoms with van der Waals surface area (Å²) in [7, 11) is -3.89. The van der Waals surface area contributed by atoms with Crippen molar-refractivity contribution >= 4 is 45.1 Å². The van der Waals surface area contributed by atoms with Crippen LogP contribution in [-0.4, -0.2) is 30.6 Å². The highest BCUT2D eigenvalue weighted by Crippen LogP contribution is 2.21. The fourth-order valence-corrected chi connectivity index (χ4v) is 3.73. The van der Waals surface area contributed by atoms with Crippen molar-refractivity contribution < 1.29 is 27.9 Å². The Bertz CT molecular complexity index is 1200. The number of nitrogens with one attached hydrogen (secondary N) is 2. The molecule has 0 saturated heterocycles. The van der Waals surface area contributed by atoms with Crippen molar-refractivity contribution in [1.82, 2.24) is 4.98 Å². The standard InChI is InChI=1S/C19H14ClN3O6S/c20-13-4-2-6-16(10-13)30(27,28)23-14-5-1-3-12(9-14)18(24)22-15-7-8-17(21-11-15)29-19(25)26/h1-11,23H,(H,22,24)(H,25,26). The molecular weight excluding hydrogens is 434 g/mol. The summed E-state index contributed by atoms with van der Waals surface area (Å²) in [5.74, 6) is -0.662. The maximum absolute atomic E-state index is 12.5. The minimum atomic E-state index is -3.89.